The van der Waals surface area contributed by atoms with Gasteiger partial charge in [-0.05, 0) is 51.6 Å². The quantitative estimate of drug-likeness (QED) is 0.827. The first-order valence-corrected chi connectivity index (χ1v) is 9.42. The summed E-state index contributed by atoms with van der Waals surface area (Å²) in [5.74, 6) is 0.883. The first kappa shape index (κ1) is 16.2. The molecule has 0 aromatic carbocycles. The fraction of sp³-hybridized carbons (Fsp3) is 0.778. The van der Waals surface area contributed by atoms with Gasteiger partial charge < -0.3 is 14.5 Å². The molecule has 2 atom stereocenters. The van der Waals surface area contributed by atoms with Crippen molar-refractivity contribution in [2.45, 2.75) is 57.2 Å². The van der Waals surface area contributed by atoms with E-state index in [0.29, 0.717) is 24.2 Å². The summed E-state index contributed by atoms with van der Waals surface area (Å²) < 4.78 is 20.2. The van der Waals surface area contributed by atoms with E-state index in [4.69, 9.17) is 4.74 Å². The predicted octanol–water partition coefficient (Wildman–Crippen LogP) is 2.40. The van der Waals surface area contributed by atoms with Crippen LogP contribution in [0.15, 0.2) is 6.20 Å². The van der Waals surface area contributed by atoms with Gasteiger partial charge in [0.15, 0.2) is 11.6 Å². The van der Waals surface area contributed by atoms with E-state index in [2.05, 4.69) is 14.9 Å². The van der Waals surface area contributed by atoms with Crippen LogP contribution in [0, 0.1) is 5.82 Å². The molecule has 4 heterocycles. The fourth-order valence-electron chi connectivity index (χ4n) is 4.16. The second-order valence-corrected chi connectivity index (χ2v) is 7.32. The molecule has 0 amide bonds. The molecule has 0 unspecified atom stereocenters. The van der Waals surface area contributed by atoms with Gasteiger partial charge in [-0.1, -0.05) is 0 Å². The summed E-state index contributed by atoms with van der Waals surface area (Å²) in [5.41, 5.74) is 0. The number of likely N-dealkylation sites (tertiary alicyclic amines) is 1. The Morgan fingerprint density at radius 3 is 2.54 bits per heavy atom. The third kappa shape index (κ3) is 3.70. The molecule has 3 saturated heterocycles. The van der Waals surface area contributed by atoms with Crippen molar-refractivity contribution in [3.05, 3.63) is 17.8 Å². The average Bonchev–Trinajstić information content (AvgIpc) is 3.33. The molecule has 5 nitrogen and oxygen atoms in total. The second-order valence-electron chi connectivity index (χ2n) is 7.32. The average molecular weight is 334 g/mol. The van der Waals surface area contributed by atoms with Crippen LogP contribution in [0.5, 0.6) is 0 Å². The van der Waals surface area contributed by atoms with Gasteiger partial charge in [-0.15, -0.1) is 0 Å². The van der Waals surface area contributed by atoms with Gasteiger partial charge in [-0.25, -0.2) is 14.4 Å². The van der Waals surface area contributed by atoms with E-state index in [1.54, 1.807) is 0 Å². The third-order valence-corrected chi connectivity index (χ3v) is 5.45. The van der Waals surface area contributed by atoms with Gasteiger partial charge in [0.1, 0.15) is 5.82 Å². The molecule has 0 radical (unpaired) electrons. The summed E-state index contributed by atoms with van der Waals surface area (Å²) in [7, 11) is 0. The van der Waals surface area contributed by atoms with Crippen LogP contribution in [0.2, 0.25) is 0 Å². The van der Waals surface area contributed by atoms with E-state index in [0.717, 1.165) is 45.3 Å². The van der Waals surface area contributed by atoms with Crippen molar-refractivity contribution in [3.63, 3.8) is 0 Å². The molecule has 3 aliphatic heterocycles. The molecule has 0 aliphatic carbocycles. The Kier molecular flexibility index (Phi) is 4.94. The van der Waals surface area contributed by atoms with E-state index in [-0.39, 0.29) is 11.9 Å². The van der Waals surface area contributed by atoms with Crippen LogP contribution in [-0.2, 0) is 11.2 Å². The number of nitrogens with zero attached hydrogens (tertiary/aromatic N) is 4. The number of aromatic nitrogens is 2. The molecule has 132 valence electrons. The number of hydrogen-bond donors (Lipinski definition) is 0. The zero-order valence-corrected chi connectivity index (χ0v) is 14.3. The Morgan fingerprint density at radius 1 is 1.04 bits per heavy atom. The number of rotatable bonds is 5. The van der Waals surface area contributed by atoms with Crippen molar-refractivity contribution in [3.8, 4) is 0 Å². The zero-order chi connectivity index (χ0) is 16.4. The summed E-state index contributed by atoms with van der Waals surface area (Å²) in [6.45, 7) is 5.27. The highest BCUT2D eigenvalue weighted by atomic mass is 19.1. The summed E-state index contributed by atoms with van der Waals surface area (Å²) in [6.07, 6.45) is 9.56. The maximum absolute atomic E-state index is 14.0. The lowest BCUT2D eigenvalue weighted by Crippen LogP contribution is -2.30. The van der Waals surface area contributed by atoms with Crippen molar-refractivity contribution in [2.24, 2.45) is 0 Å². The molecule has 3 aliphatic rings. The SMILES string of the molecule is Fc1cnc(C[C@@H]2CC[C@H](CN3CCCC3)O2)nc1N1CCCC1. The summed E-state index contributed by atoms with van der Waals surface area (Å²) in [6, 6.07) is 0. The molecular formula is C18H27FN4O. The van der Waals surface area contributed by atoms with Crippen LogP contribution in [0.1, 0.15) is 44.3 Å². The summed E-state index contributed by atoms with van der Waals surface area (Å²) in [4.78, 5) is 13.2. The van der Waals surface area contributed by atoms with E-state index in [1.165, 1.54) is 32.1 Å². The van der Waals surface area contributed by atoms with E-state index in [9.17, 15) is 4.39 Å². The Bertz CT molecular complexity index is 558. The number of ether oxygens (including phenoxy) is 1. The van der Waals surface area contributed by atoms with Gasteiger partial charge in [-0.3, -0.25) is 0 Å². The third-order valence-electron chi connectivity index (χ3n) is 5.45. The molecule has 3 fully saturated rings. The van der Waals surface area contributed by atoms with Crippen molar-refractivity contribution < 1.29 is 9.13 Å². The van der Waals surface area contributed by atoms with Crippen molar-refractivity contribution in [1.29, 1.82) is 0 Å². The molecular weight excluding hydrogens is 307 g/mol. The van der Waals surface area contributed by atoms with Crippen LogP contribution in [0.25, 0.3) is 0 Å². The minimum atomic E-state index is -0.306. The Balaban J connectivity index is 1.34. The van der Waals surface area contributed by atoms with Gasteiger partial charge in [0.25, 0.3) is 0 Å². The van der Waals surface area contributed by atoms with Crippen LogP contribution in [-0.4, -0.2) is 59.8 Å². The van der Waals surface area contributed by atoms with Crippen LogP contribution < -0.4 is 4.90 Å². The smallest absolute Gasteiger partial charge is 0.183 e. The first-order chi connectivity index (χ1) is 11.8. The van der Waals surface area contributed by atoms with E-state index >= 15 is 0 Å². The van der Waals surface area contributed by atoms with Gasteiger partial charge >= 0.3 is 0 Å². The van der Waals surface area contributed by atoms with Crippen LogP contribution in [0.4, 0.5) is 10.2 Å². The lowest BCUT2D eigenvalue weighted by molar-refractivity contribution is 0.0266. The van der Waals surface area contributed by atoms with Gasteiger partial charge in [0.2, 0.25) is 0 Å². The molecule has 4 rings (SSSR count). The highest BCUT2D eigenvalue weighted by Crippen LogP contribution is 2.25. The molecule has 6 heteroatoms. The monoisotopic (exact) mass is 334 g/mol. The van der Waals surface area contributed by atoms with Gasteiger partial charge in [0.05, 0.1) is 18.4 Å². The minimum Gasteiger partial charge on any atom is -0.373 e. The van der Waals surface area contributed by atoms with Crippen LogP contribution in [0.3, 0.4) is 0 Å². The minimum absolute atomic E-state index is 0.175. The first-order valence-electron chi connectivity index (χ1n) is 9.42. The zero-order valence-electron chi connectivity index (χ0n) is 14.3. The lowest BCUT2D eigenvalue weighted by Gasteiger charge is -2.20. The molecule has 24 heavy (non-hydrogen) atoms. The van der Waals surface area contributed by atoms with Crippen LogP contribution >= 0.6 is 0 Å². The number of anilines is 1. The van der Waals surface area contributed by atoms with Gasteiger partial charge in [0, 0.05) is 26.1 Å². The second kappa shape index (κ2) is 7.31. The Morgan fingerprint density at radius 2 is 1.75 bits per heavy atom. The fourth-order valence-corrected chi connectivity index (χ4v) is 4.16. The van der Waals surface area contributed by atoms with Gasteiger partial charge in [-0.2, -0.15) is 0 Å². The molecule has 0 bridgehead atoms. The van der Waals surface area contributed by atoms with Crippen molar-refractivity contribution >= 4 is 5.82 Å². The molecule has 0 N–H and O–H groups in total. The van der Waals surface area contributed by atoms with E-state index < -0.39 is 0 Å². The predicted molar refractivity (Wildman–Crippen MR) is 90.7 cm³/mol. The normalized spacial score (nSPS) is 28.1. The summed E-state index contributed by atoms with van der Waals surface area (Å²) in [5, 5.41) is 0. The standard InChI is InChI=1S/C18H27FN4O/c19-16-12-20-17(21-18(16)23-9-3-4-10-23)11-14-5-6-15(24-14)13-22-7-1-2-8-22/h12,14-15H,1-11,13H2/t14-,15+/m0/s1. The lowest BCUT2D eigenvalue weighted by atomic mass is 10.1. The van der Waals surface area contributed by atoms with Crippen molar-refractivity contribution in [1.82, 2.24) is 14.9 Å². The number of halogens is 1. The topological polar surface area (TPSA) is 41.5 Å². The van der Waals surface area contributed by atoms with E-state index in [1.807, 2.05) is 4.90 Å². The maximum atomic E-state index is 14.0. The highest BCUT2D eigenvalue weighted by Gasteiger charge is 2.29. The maximum Gasteiger partial charge on any atom is 0.183 e. The molecule has 1 aromatic rings. The Hall–Kier alpha value is -1.27. The Labute approximate surface area is 143 Å². The largest absolute Gasteiger partial charge is 0.373 e. The summed E-state index contributed by atoms with van der Waals surface area (Å²) >= 11 is 0. The molecule has 0 saturated carbocycles. The molecule has 0 spiro atoms. The number of hydrogen-bond acceptors (Lipinski definition) is 5. The molecule has 1 aromatic heterocycles. The van der Waals surface area contributed by atoms with Crippen molar-refractivity contribution in [2.75, 3.05) is 37.6 Å². The highest BCUT2D eigenvalue weighted by molar-refractivity contribution is 5.40.